The molecule has 1 N–H and O–H groups in total. The molecule has 0 spiro atoms. The van der Waals surface area contributed by atoms with Gasteiger partial charge < -0.3 is 14.4 Å². The van der Waals surface area contributed by atoms with Crippen LogP contribution in [0.3, 0.4) is 0 Å². The molecule has 0 bridgehead atoms. The van der Waals surface area contributed by atoms with Crippen molar-refractivity contribution in [2.24, 2.45) is 0 Å². The van der Waals surface area contributed by atoms with E-state index in [1.54, 1.807) is 6.20 Å². The summed E-state index contributed by atoms with van der Waals surface area (Å²) < 4.78 is 7.85. The molecule has 0 aliphatic carbocycles. The predicted molar refractivity (Wildman–Crippen MR) is 67.4 cm³/mol. The number of imidazole rings is 1. The van der Waals surface area contributed by atoms with Crippen LogP contribution in [0.25, 0.3) is 0 Å². The number of aliphatic hydroxyl groups is 1. The fourth-order valence-corrected chi connectivity index (χ4v) is 2.43. The number of aryl methyl sites for hydroxylation is 1. The van der Waals surface area contributed by atoms with Crippen LogP contribution in [0.15, 0.2) is 30.6 Å². The molecule has 4 nitrogen and oxygen atoms in total. The highest BCUT2D eigenvalue weighted by Crippen LogP contribution is 2.30. The first-order chi connectivity index (χ1) is 8.76. The van der Waals surface area contributed by atoms with Crippen LogP contribution in [0.1, 0.15) is 17.0 Å². The summed E-state index contributed by atoms with van der Waals surface area (Å²) in [6, 6.07) is 6.28. The van der Waals surface area contributed by atoms with E-state index in [2.05, 4.69) is 24.0 Å². The highest BCUT2D eigenvalue weighted by Gasteiger charge is 2.23. The molecule has 0 radical (unpaired) electrons. The van der Waals surface area contributed by atoms with Gasteiger partial charge in [0.1, 0.15) is 24.3 Å². The van der Waals surface area contributed by atoms with E-state index in [0.717, 1.165) is 18.7 Å². The van der Waals surface area contributed by atoms with Crippen molar-refractivity contribution in [1.29, 1.82) is 0 Å². The van der Waals surface area contributed by atoms with E-state index in [9.17, 15) is 0 Å². The molecule has 1 atom stereocenters. The minimum atomic E-state index is -0.0359. The van der Waals surface area contributed by atoms with Gasteiger partial charge in [-0.2, -0.15) is 0 Å². The zero-order valence-electron chi connectivity index (χ0n) is 10.3. The van der Waals surface area contributed by atoms with Gasteiger partial charge in [-0.1, -0.05) is 17.7 Å². The van der Waals surface area contributed by atoms with Crippen molar-refractivity contribution in [2.75, 3.05) is 0 Å². The van der Waals surface area contributed by atoms with Gasteiger partial charge in [-0.25, -0.2) is 4.98 Å². The molecule has 4 heteroatoms. The zero-order chi connectivity index (χ0) is 12.5. The summed E-state index contributed by atoms with van der Waals surface area (Å²) in [5.74, 6) is 1.67. The molecule has 3 rings (SSSR count). The number of rotatable bonds is 3. The third-order valence-corrected chi connectivity index (χ3v) is 3.30. The molecule has 1 aliphatic rings. The highest BCUT2D eigenvalue weighted by molar-refractivity contribution is 5.40. The maximum atomic E-state index is 9.17. The van der Waals surface area contributed by atoms with E-state index in [1.807, 2.05) is 16.8 Å². The number of hydrogen-bond acceptors (Lipinski definition) is 3. The molecule has 1 aliphatic heterocycles. The summed E-state index contributed by atoms with van der Waals surface area (Å²) in [5.41, 5.74) is 2.53. The Bertz CT molecular complexity index is 563. The van der Waals surface area contributed by atoms with Gasteiger partial charge in [0.25, 0.3) is 0 Å². The van der Waals surface area contributed by atoms with Crippen LogP contribution in [0.4, 0.5) is 0 Å². The number of aliphatic hydroxyl groups excluding tert-OH is 1. The fraction of sp³-hybridized carbons (Fsp3) is 0.357. The van der Waals surface area contributed by atoms with Crippen LogP contribution in [-0.4, -0.2) is 20.8 Å². The summed E-state index contributed by atoms with van der Waals surface area (Å²) in [5, 5.41) is 9.17. The Hall–Kier alpha value is -1.81. The molecule has 18 heavy (non-hydrogen) atoms. The van der Waals surface area contributed by atoms with Crippen molar-refractivity contribution < 1.29 is 9.84 Å². The molecule has 0 saturated heterocycles. The Balaban J connectivity index is 1.75. The molecular weight excluding hydrogens is 228 g/mol. The van der Waals surface area contributed by atoms with Gasteiger partial charge in [-0.15, -0.1) is 0 Å². The van der Waals surface area contributed by atoms with Gasteiger partial charge in [0, 0.05) is 18.8 Å². The molecule has 0 saturated carbocycles. The van der Waals surface area contributed by atoms with E-state index in [4.69, 9.17) is 9.84 Å². The third-order valence-electron chi connectivity index (χ3n) is 3.30. The van der Waals surface area contributed by atoms with Crippen LogP contribution in [0, 0.1) is 6.92 Å². The molecule has 0 fully saturated rings. The molecule has 2 aromatic rings. The quantitative estimate of drug-likeness (QED) is 0.893. The Morgan fingerprint density at radius 2 is 2.39 bits per heavy atom. The first-order valence-electron chi connectivity index (χ1n) is 6.13. The van der Waals surface area contributed by atoms with Gasteiger partial charge in [0.15, 0.2) is 0 Å². The van der Waals surface area contributed by atoms with E-state index in [0.29, 0.717) is 5.82 Å². The number of aromatic nitrogens is 2. The molecule has 0 amide bonds. The topological polar surface area (TPSA) is 47.3 Å². The maximum Gasteiger partial charge on any atom is 0.134 e. The molecular formula is C14H16N2O2. The van der Waals surface area contributed by atoms with Gasteiger partial charge in [0.2, 0.25) is 0 Å². The lowest BCUT2D eigenvalue weighted by atomic mass is 10.1. The lowest BCUT2D eigenvalue weighted by Crippen LogP contribution is -2.21. The second kappa shape index (κ2) is 4.46. The average molecular weight is 244 g/mol. The number of benzene rings is 1. The van der Waals surface area contributed by atoms with Crippen LogP contribution in [0.5, 0.6) is 5.75 Å². The Morgan fingerprint density at radius 1 is 1.50 bits per heavy atom. The van der Waals surface area contributed by atoms with Crippen LogP contribution < -0.4 is 4.74 Å². The van der Waals surface area contributed by atoms with Gasteiger partial charge in [0.05, 0.1) is 6.54 Å². The Kier molecular flexibility index (Phi) is 2.80. The van der Waals surface area contributed by atoms with E-state index < -0.39 is 0 Å². The first kappa shape index (κ1) is 11.3. The number of fused-ring (bicyclic) bond motifs is 1. The molecule has 2 heterocycles. The van der Waals surface area contributed by atoms with E-state index in [1.165, 1.54) is 11.1 Å². The molecule has 94 valence electrons. The number of ether oxygens (including phenoxy) is 1. The van der Waals surface area contributed by atoms with Crippen molar-refractivity contribution in [3.05, 3.63) is 47.5 Å². The minimum Gasteiger partial charge on any atom is -0.488 e. The monoisotopic (exact) mass is 244 g/mol. The van der Waals surface area contributed by atoms with E-state index >= 15 is 0 Å². The second-order valence-corrected chi connectivity index (χ2v) is 4.71. The first-order valence-corrected chi connectivity index (χ1v) is 6.13. The average Bonchev–Trinajstić information content (AvgIpc) is 2.94. The van der Waals surface area contributed by atoms with Crippen molar-refractivity contribution in [2.45, 2.75) is 32.6 Å². The van der Waals surface area contributed by atoms with Crippen LogP contribution >= 0.6 is 0 Å². The smallest absolute Gasteiger partial charge is 0.134 e. The largest absolute Gasteiger partial charge is 0.488 e. The van der Waals surface area contributed by atoms with Gasteiger partial charge in [-0.05, 0) is 18.6 Å². The molecule has 1 unspecified atom stereocenters. The Labute approximate surface area is 106 Å². The summed E-state index contributed by atoms with van der Waals surface area (Å²) in [4.78, 5) is 4.10. The molecule has 1 aromatic carbocycles. The zero-order valence-corrected chi connectivity index (χ0v) is 10.3. The minimum absolute atomic E-state index is 0.0359. The fourth-order valence-electron chi connectivity index (χ4n) is 2.43. The summed E-state index contributed by atoms with van der Waals surface area (Å²) in [6.07, 6.45) is 4.63. The van der Waals surface area contributed by atoms with Crippen molar-refractivity contribution in [1.82, 2.24) is 9.55 Å². The maximum absolute atomic E-state index is 9.17. The van der Waals surface area contributed by atoms with Gasteiger partial charge >= 0.3 is 0 Å². The highest BCUT2D eigenvalue weighted by atomic mass is 16.5. The number of nitrogens with zero attached hydrogens (tertiary/aromatic N) is 2. The van der Waals surface area contributed by atoms with Crippen molar-refractivity contribution in [3.8, 4) is 5.75 Å². The molecule has 1 aromatic heterocycles. The van der Waals surface area contributed by atoms with Crippen molar-refractivity contribution in [3.63, 3.8) is 0 Å². The lowest BCUT2D eigenvalue weighted by molar-refractivity contribution is 0.200. The Morgan fingerprint density at radius 3 is 3.22 bits per heavy atom. The van der Waals surface area contributed by atoms with Gasteiger partial charge in [-0.3, -0.25) is 0 Å². The van der Waals surface area contributed by atoms with E-state index in [-0.39, 0.29) is 12.7 Å². The second-order valence-electron chi connectivity index (χ2n) is 4.71. The normalized spacial score (nSPS) is 17.6. The standard InChI is InChI=1S/C14H16N2O2/c1-10-2-3-13-11(6-10)7-12(18-13)8-16-5-4-15-14(16)9-17/h2-6,12,17H,7-9H2,1H3. The predicted octanol–water partition coefficient (Wildman–Crippen LogP) is 1.69. The third kappa shape index (κ3) is 1.99. The lowest BCUT2D eigenvalue weighted by Gasteiger charge is -2.12. The summed E-state index contributed by atoms with van der Waals surface area (Å²) in [7, 11) is 0. The van der Waals surface area contributed by atoms with Crippen LogP contribution in [-0.2, 0) is 19.6 Å². The summed E-state index contributed by atoms with van der Waals surface area (Å²) in [6.45, 7) is 2.78. The SMILES string of the molecule is Cc1ccc2c(c1)CC(Cn1ccnc1CO)O2. The number of hydrogen-bond donors (Lipinski definition) is 1. The van der Waals surface area contributed by atoms with Crippen molar-refractivity contribution >= 4 is 0 Å². The summed E-state index contributed by atoms with van der Waals surface area (Å²) >= 11 is 0. The van der Waals surface area contributed by atoms with Crippen LogP contribution in [0.2, 0.25) is 0 Å².